The minimum absolute atomic E-state index is 0.116. The SMILES string of the molecule is O=C(Nc1ccncc1)C1CC=CCC1. The number of rotatable bonds is 2. The van der Waals surface area contributed by atoms with E-state index in [1.54, 1.807) is 24.5 Å². The molecule has 1 N–H and O–H groups in total. The lowest BCUT2D eigenvalue weighted by atomic mass is 9.93. The van der Waals surface area contributed by atoms with Crippen molar-refractivity contribution < 1.29 is 4.79 Å². The number of amides is 1. The molecule has 1 aliphatic rings. The molecule has 1 aliphatic carbocycles. The first-order valence-corrected chi connectivity index (χ1v) is 5.22. The summed E-state index contributed by atoms with van der Waals surface area (Å²) in [5.41, 5.74) is 0.824. The lowest BCUT2D eigenvalue weighted by Crippen LogP contribution is -2.23. The molecule has 0 saturated heterocycles. The summed E-state index contributed by atoms with van der Waals surface area (Å²) in [5.74, 6) is 0.244. The molecule has 1 aromatic heterocycles. The van der Waals surface area contributed by atoms with E-state index in [1.165, 1.54) is 0 Å². The van der Waals surface area contributed by atoms with Crippen LogP contribution in [0.15, 0.2) is 36.7 Å². The van der Waals surface area contributed by atoms with Crippen molar-refractivity contribution in [1.29, 1.82) is 0 Å². The maximum atomic E-state index is 11.8. The Morgan fingerprint density at radius 1 is 1.33 bits per heavy atom. The Morgan fingerprint density at radius 2 is 2.13 bits per heavy atom. The molecule has 3 nitrogen and oxygen atoms in total. The fourth-order valence-corrected chi connectivity index (χ4v) is 1.71. The second kappa shape index (κ2) is 4.73. The Labute approximate surface area is 89.2 Å². The molecule has 15 heavy (non-hydrogen) atoms. The van der Waals surface area contributed by atoms with Crippen molar-refractivity contribution in [1.82, 2.24) is 4.98 Å². The van der Waals surface area contributed by atoms with Crippen LogP contribution in [0, 0.1) is 5.92 Å². The van der Waals surface area contributed by atoms with Crippen molar-refractivity contribution >= 4 is 11.6 Å². The summed E-state index contributed by atoms with van der Waals surface area (Å²) in [6.07, 6.45) is 10.4. The van der Waals surface area contributed by atoms with E-state index >= 15 is 0 Å². The van der Waals surface area contributed by atoms with Crippen LogP contribution in [0.3, 0.4) is 0 Å². The topological polar surface area (TPSA) is 42.0 Å². The van der Waals surface area contributed by atoms with Crippen molar-refractivity contribution in [3.8, 4) is 0 Å². The van der Waals surface area contributed by atoms with Gasteiger partial charge < -0.3 is 5.32 Å². The summed E-state index contributed by atoms with van der Waals surface area (Å²) < 4.78 is 0. The van der Waals surface area contributed by atoms with Gasteiger partial charge in [-0.05, 0) is 31.4 Å². The van der Waals surface area contributed by atoms with Crippen molar-refractivity contribution in [2.75, 3.05) is 5.32 Å². The van der Waals surface area contributed by atoms with Crippen LogP contribution in [0.25, 0.3) is 0 Å². The van der Waals surface area contributed by atoms with Crippen molar-refractivity contribution in [3.05, 3.63) is 36.7 Å². The van der Waals surface area contributed by atoms with Gasteiger partial charge in [0, 0.05) is 24.0 Å². The van der Waals surface area contributed by atoms with E-state index in [0.717, 1.165) is 24.9 Å². The van der Waals surface area contributed by atoms with Gasteiger partial charge in [-0.1, -0.05) is 12.2 Å². The number of allylic oxidation sites excluding steroid dienone is 2. The largest absolute Gasteiger partial charge is 0.326 e. The minimum Gasteiger partial charge on any atom is -0.326 e. The van der Waals surface area contributed by atoms with Crippen molar-refractivity contribution in [2.24, 2.45) is 5.92 Å². The number of carbonyl (C=O) groups is 1. The van der Waals surface area contributed by atoms with Crippen LogP contribution in [0.4, 0.5) is 5.69 Å². The Balaban J connectivity index is 1.95. The molecule has 0 spiro atoms. The number of hydrogen-bond donors (Lipinski definition) is 1. The van der Waals surface area contributed by atoms with Gasteiger partial charge in [0.25, 0.3) is 0 Å². The van der Waals surface area contributed by atoms with Crippen LogP contribution in [-0.2, 0) is 4.79 Å². The molecule has 3 heteroatoms. The van der Waals surface area contributed by atoms with Gasteiger partial charge in [0.1, 0.15) is 0 Å². The Morgan fingerprint density at radius 3 is 2.80 bits per heavy atom. The van der Waals surface area contributed by atoms with Gasteiger partial charge >= 0.3 is 0 Å². The predicted octanol–water partition coefficient (Wildman–Crippen LogP) is 2.38. The van der Waals surface area contributed by atoms with Gasteiger partial charge in [0.05, 0.1) is 0 Å². The van der Waals surface area contributed by atoms with Gasteiger partial charge in [-0.3, -0.25) is 9.78 Å². The number of carbonyl (C=O) groups excluding carboxylic acids is 1. The summed E-state index contributed by atoms with van der Waals surface area (Å²) in [7, 11) is 0. The van der Waals surface area contributed by atoms with Crippen molar-refractivity contribution in [2.45, 2.75) is 19.3 Å². The second-order valence-corrected chi connectivity index (χ2v) is 3.71. The standard InChI is InChI=1S/C12H14N2O/c15-12(10-4-2-1-3-5-10)14-11-6-8-13-9-7-11/h1-2,6-10H,3-5H2,(H,13,14,15). The van der Waals surface area contributed by atoms with E-state index in [2.05, 4.69) is 22.5 Å². The van der Waals surface area contributed by atoms with Gasteiger partial charge in [0.15, 0.2) is 0 Å². The lowest BCUT2D eigenvalue weighted by molar-refractivity contribution is -0.120. The van der Waals surface area contributed by atoms with E-state index in [9.17, 15) is 4.79 Å². The highest BCUT2D eigenvalue weighted by atomic mass is 16.1. The number of nitrogens with one attached hydrogen (secondary N) is 1. The summed E-state index contributed by atoms with van der Waals surface area (Å²) in [6.45, 7) is 0. The highest BCUT2D eigenvalue weighted by molar-refractivity contribution is 5.92. The molecule has 0 aliphatic heterocycles. The van der Waals surface area contributed by atoms with Gasteiger partial charge in [-0.25, -0.2) is 0 Å². The fraction of sp³-hybridized carbons (Fsp3) is 0.333. The predicted molar refractivity (Wildman–Crippen MR) is 59.3 cm³/mol. The minimum atomic E-state index is 0.116. The van der Waals surface area contributed by atoms with E-state index in [-0.39, 0.29) is 11.8 Å². The maximum absolute atomic E-state index is 11.8. The summed E-state index contributed by atoms with van der Waals surface area (Å²) in [6, 6.07) is 3.60. The van der Waals surface area contributed by atoms with Gasteiger partial charge in [-0.2, -0.15) is 0 Å². The molecule has 0 fully saturated rings. The maximum Gasteiger partial charge on any atom is 0.227 e. The summed E-state index contributed by atoms with van der Waals surface area (Å²) in [4.78, 5) is 15.7. The monoisotopic (exact) mass is 202 g/mol. The number of aromatic nitrogens is 1. The molecule has 0 bridgehead atoms. The molecule has 1 aromatic rings. The van der Waals surface area contributed by atoms with Crippen molar-refractivity contribution in [3.63, 3.8) is 0 Å². The highest BCUT2D eigenvalue weighted by Gasteiger charge is 2.18. The van der Waals surface area contributed by atoms with Gasteiger partial charge in [0.2, 0.25) is 5.91 Å². The normalized spacial score (nSPS) is 19.9. The number of anilines is 1. The first-order valence-electron chi connectivity index (χ1n) is 5.22. The number of hydrogen-bond acceptors (Lipinski definition) is 2. The van der Waals surface area contributed by atoms with Crippen LogP contribution in [0.5, 0.6) is 0 Å². The molecule has 0 aromatic carbocycles. The summed E-state index contributed by atoms with van der Waals surface area (Å²) >= 11 is 0. The quantitative estimate of drug-likeness (QED) is 0.748. The average molecular weight is 202 g/mol. The third-order valence-corrected chi connectivity index (χ3v) is 2.59. The first-order chi connectivity index (χ1) is 7.36. The highest BCUT2D eigenvalue weighted by Crippen LogP contribution is 2.19. The zero-order chi connectivity index (χ0) is 10.5. The van der Waals surface area contributed by atoms with Gasteiger partial charge in [-0.15, -0.1) is 0 Å². The van der Waals surface area contributed by atoms with Crippen LogP contribution >= 0.6 is 0 Å². The number of pyridine rings is 1. The molecule has 1 amide bonds. The molecule has 78 valence electrons. The smallest absolute Gasteiger partial charge is 0.227 e. The zero-order valence-electron chi connectivity index (χ0n) is 8.52. The van der Waals surface area contributed by atoms with E-state index < -0.39 is 0 Å². The van der Waals surface area contributed by atoms with Crippen LogP contribution in [0.2, 0.25) is 0 Å². The second-order valence-electron chi connectivity index (χ2n) is 3.71. The molecule has 0 saturated carbocycles. The van der Waals surface area contributed by atoms with E-state index in [0.29, 0.717) is 0 Å². The van der Waals surface area contributed by atoms with Crippen LogP contribution in [-0.4, -0.2) is 10.9 Å². The third-order valence-electron chi connectivity index (χ3n) is 2.59. The molecular formula is C12H14N2O. The molecule has 1 atom stereocenters. The summed E-state index contributed by atoms with van der Waals surface area (Å²) in [5, 5.41) is 2.90. The zero-order valence-corrected chi connectivity index (χ0v) is 8.52. The molecular weight excluding hydrogens is 188 g/mol. The van der Waals surface area contributed by atoms with E-state index in [4.69, 9.17) is 0 Å². The fourth-order valence-electron chi connectivity index (χ4n) is 1.71. The Bertz CT molecular complexity index is 359. The molecule has 0 radical (unpaired) electrons. The average Bonchev–Trinajstić information content (AvgIpc) is 2.31. The molecule has 1 unspecified atom stereocenters. The molecule has 1 heterocycles. The Kier molecular flexibility index (Phi) is 3.12. The lowest BCUT2D eigenvalue weighted by Gasteiger charge is -2.16. The van der Waals surface area contributed by atoms with Crippen LogP contribution < -0.4 is 5.32 Å². The van der Waals surface area contributed by atoms with E-state index in [1.807, 2.05) is 0 Å². The van der Waals surface area contributed by atoms with Crippen LogP contribution in [0.1, 0.15) is 19.3 Å². The first kappa shape index (κ1) is 9.90. The number of nitrogens with zero attached hydrogens (tertiary/aromatic N) is 1. The Hall–Kier alpha value is -1.64. The third kappa shape index (κ3) is 2.65. The molecule has 2 rings (SSSR count).